The highest BCUT2D eigenvalue weighted by Gasteiger charge is 2.15. The molecule has 1 aromatic carbocycles. The van der Waals surface area contributed by atoms with Gasteiger partial charge in [-0.1, -0.05) is 12.1 Å². The maximum atomic E-state index is 13.5. The lowest BCUT2D eigenvalue weighted by Crippen LogP contribution is -2.32. The summed E-state index contributed by atoms with van der Waals surface area (Å²) in [7, 11) is 0. The quantitative estimate of drug-likeness (QED) is 0.820. The van der Waals surface area contributed by atoms with Gasteiger partial charge in [0.05, 0.1) is 18.3 Å². The third kappa shape index (κ3) is 4.23. The Kier molecular flexibility index (Phi) is 6.01. The Morgan fingerprint density at radius 2 is 2.39 bits per heavy atom. The zero-order chi connectivity index (χ0) is 13.5. The first-order valence-corrected chi connectivity index (χ1v) is 6.30. The Hall–Kier alpha value is -1.20. The molecule has 1 unspecified atom stereocenters. The summed E-state index contributed by atoms with van der Waals surface area (Å²) in [6, 6.07) is 4.40. The van der Waals surface area contributed by atoms with Gasteiger partial charge in [-0.25, -0.2) is 4.39 Å². The average Bonchev–Trinajstić information content (AvgIpc) is 2.33. The number of rotatable bonds is 6. The molecule has 0 saturated heterocycles. The first-order valence-electron chi connectivity index (χ1n) is 5.51. The van der Waals surface area contributed by atoms with Crippen molar-refractivity contribution < 1.29 is 13.9 Å². The van der Waals surface area contributed by atoms with Crippen molar-refractivity contribution in [3.63, 3.8) is 0 Å². The predicted octanol–water partition coefficient (Wildman–Crippen LogP) is 2.91. The predicted molar refractivity (Wildman–Crippen MR) is 72.0 cm³/mol. The van der Waals surface area contributed by atoms with Gasteiger partial charge in [0, 0.05) is 11.0 Å². The van der Waals surface area contributed by atoms with Gasteiger partial charge in [0.25, 0.3) is 5.91 Å². The molecule has 0 radical (unpaired) electrons. The van der Waals surface area contributed by atoms with Crippen LogP contribution in [0.2, 0.25) is 0 Å². The molecule has 0 aliphatic heterocycles. The van der Waals surface area contributed by atoms with Crippen molar-refractivity contribution in [1.29, 1.82) is 0 Å². The smallest absolute Gasteiger partial charge is 0.255 e. The summed E-state index contributed by atoms with van der Waals surface area (Å²) in [5.74, 6) is -1.02. The summed E-state index contributed by atoms with van der Waals surface area (Å²) in [4.78, 5) is 11.8. The first kappa shape index (κ1) is 14.9. The van der Waals surface area contributed by atoms with Gasteiger partial charge in [0.15, 0.2) is 0 Å². The van der Waals surface area contributed by atoms with Gasteiger partial charge in [0.2, 0.25) is 0 Å². The van der Waals surface area contributed by atoms with Crippen molar-refractivity contribution in [2.24, 2.45) is 0 Å². The largest absolute Gasteiger partial charge is 0.373 e. The highest BCUT2D eigenvalue weighted by Crippen LogP contribution is 2.19. The zero-order valence-corrected chi connectivity index (χ0v) is 11.7. The molecule has 98 valence electrons. The molecule has 0 aliphatic carbocycles. The van der Waals surface area contributed by atoms with Gasteiger partial charge >= 0.3 is 0 Å². The molecule has 0 saturated carbocycles. The molecule has 1 atom stereocenters. The van der Waals surface area contributed by atoms with Gasteiger partial charge in [-0.05, 0) is 35.0 Å². The summed E-state index contributed by atoms with van der Waals surface area (Å²) in [5.41, 5.74) is 0.00780. The molecule has 0 aromatic heterocycles. The van der Waals surface area contributed by atoms with E-state index in [0.29, 0.717) is 17.6 Å². The van der Waals surface area contributed by atoms with Crippen molar-refractivity contribution in [3.8, 4) is 0 Å². The van der Waals surface area contributed by atoms with Crippen LogP contribution in [0.5, 0.6) is 0 Å². The van der Waals surface area contributed by atoms with Crippen LogP contribution in [0.4, 0.5) is 4.39 Å². The summed E-state index contributed by atoms with van der Waals surface area (Å²) in [6.07, 6.45) is 1.48. The molecule has 3 nitrogen and oxygen atoms in total. The fourth-order valence-corrected chi connectivity index (χ4v) is 1.85. The number of amides is 1. The first-order chi connectivity index (χ1) is 8.56. The van der Waals surface area contributed by atoms with Gasteiger partial charge in [-0.2, -0.15) is 0 Å². The lowest BCUT2D eigenvalue weighted by Gasteiger charge is -2.13. The molecule has 1 N–H and O–H groups in total. The Morgan fingerprint density at radius 3 is 3.00 bits per heavy atom. The van der Waals surface area contributed by atoms with E-state index in [9.17, 15) is 9.18 Å². The van der Waals surface area contributed by atoms with Crippen LogP contribution in [0.1, 0.15) is 17.3 Å². The molecular formula is C13H15BrFNO2. The fraction of sp³-hybridized carbons (Fsp3) is 0.308. The molecule has 0 spiro atoms. The van der Waals surface area contributed by atoms with Gasteiger partial charge in [0.1, 0.15) is 5.82 Å². The lowest BCUT2D eigenvalue weighted by atomic mass is 10.2. The van der Waals surface area contributed by atoms with Gasteiger partial charge in [-0.15, -0.1) is 6.58 Å². The van der Waals surface area contributed by atoms with Crippen molar-refractivity contribution in [2.45, 2.75) is 13.0 Å². The van der Waals surface area contributed by atoms with Crippen LogP contribution >= 0.6 is 15.9 Å². The van der Waals surface area contributed by atoms with Crippen LogP contribution < -0.4 is 5.32 Å². The number of hydrogen-bond donors (Lipinski definition) is 1. The third-order valence-electron chi connectivity index (χ3n) is 2.24. The van der Waals surface area contributed by atoms with Crippen LogP contribution in [0.25, 0.3) is 0 Å². The number of halogens is 2. The Balaban J connectivity index is 2.58. The Morgan fingerprint density at radius 1 is 1.67 bits per heavy atom. The minimum atomic E-state index is -0.554. The molecule has 0 fully saturated rings. The van der Waals surface area contributed by atoms with Gasteiger partial charge in [-0.3, -0.25) is 4.79 Å². The minimum Gasteiger partial charge on any atom is -0.373 e. The third-order valence-corrected chi connectivity index (χ3v) is 2.90. The maximum absolute atomic E-state index is 13.5. The van der Waals surface area contributed by atoms with Crippen LogP contribution in [-0.2, 0) is 4.74 Å². The maximum Gasteiger partial charge on any atom is 0.255 e. The van der Waals surface area contributed by atoms with E-state index in [1.165, 1.54) is 12.1 Å². The number of hydrogen-bond acceptors (Lipinski definition) is 2. The molecular weight excluding hydrogens is 301 g/mol. The zero-order valence-electron chi connectivity index (χ0n) is 10.1. The summed E-state index contributed by atoms with van der Waals surface area (Å²) < 4.78 is 19.2. The second-order valence-electron chi connectivity index (χ2n) is 3.74. The van der Waals surface area contributed by atoms with Gasteiger partial charge < -0.3 is 10.1 Å². The Bertz CT molecular complexity index is 417. The summed E-state index contributed by atoms with van der Waals surface area (Å²) in [5, 5.41) is 2.62. The number of ether oxygens (including phenoxy) is 1. The molecule has 18 heavy (non-hydrogen) atoms. The van der Waals surface area contributed by atoms with E-state index < -0.39 is 11.7 Å². The molecule has 0 bridgehead atoms. The van der Waals surface area contributed by atoms with Crippen LogP contribution in [-0.4, -0.2) is 25.2 Å². The minimum absolute atomic E-state index is 0.00780. The molecule has 1 aromatic rings. The number of carbonyl (C=O) groups excluding carboxylic acids is 1. The second kappa shape index (κ2) is 7.28. The number of nitrogens with one attached hydrogen (secondary N) is 1. The van der Waals surface area contributed by atoms with E-state index in [0.717, 1.165) is 0 Å². The Labute approximate surface area is 114 Å². The topological polar surface area (TPSA) is 38.3 Å². The van der Waals surface area contributed by atoms with Crippen molar-refractivity contribution >= 4 is 21.8 Å². The highest BCUT2D eigenvalue weighted by atomic mass is 79.9. The van der Waals surface area contributed by atoms with Crippen molar-refractivity contribution in [2.75, 3.05) is 13.2 Å². The number of carbonyl (C=O) groups is 1. The normalized spacial score (nSPS) is 11.9. The SMILES string of the molecule is C=CCOC(C)CNC(=O)c1c(F)cccc1Br. The molecule has 5 heteroatoms. The molecule has 1 amide bonds. The van der Waals surface area contributed by atoms with E-state index in [-0.39, 0.29) is 11.7 Å². The summed E-state index contributed by atoms with van der Waals surface area (Å²) >= 11 is 3.15. The van der Waals surface area contributed by atoms with E-state index in [4.69, 9.17) is 4.74 Å². The monoisotopic (exact) mass is 315 g/mol. The fourth-order valence-electron chi connectivity index (χ4n) is 1.33. The molecule has 0 aliphatic rings. The van der Waals surface area contributed by atoms with Crippen molar-refractivity contribution in [3.05, 3.63) is 46.7 Å². The van der Waals surface area contributed by atoms with E-state index >= 15 is 0 Å². The second-order valence-corrected chi connectivity index (χ2v) is 4.59. The van der Waals surface area contributed by atoms with Crippen LogP contribution in [0, 0.1) is 5.82 Å². The molecule has 0 heterocycles. The molecule has 1 rings (SSSR count). The van der Waals surface area contributed by atoms with E-state index in [1.807, 2.05) is 6.92 Å². The van der Waals surface area contributed by atoms with E-state index in [2.05, 4.69) is 27.8 Å². The van der Waals surface area contributed by atoms with E-state index in [1.54, 1.807) is 12.1 Å². The highest BCUT2D eigenvalue weighted by molar-refractivity contribution is 9.10. The average molecular weight is 316 g/mol. The van der Waals surface area contributed by atoms with Crippen LogP contribution in [0.15, 0.2) is 35.3 Å². The number of benzene rings is 1. The standard InChI is InChI=1S/C13H15BrFNO2/c1-3-7-18-9(2)8-16-13(17)12-10(14)5-4-6-11(12)15/h3-6,9H,1,7-8H2,2H3,(H,16,17). The van der Waals surface area contributed by atoms with Crippen molar-refractivity contribution in [1.82, 2.24) is 5.32 Å². The summed E-state index contributed by atoms with van der Waals surface area (Å²) in [6.45, 7) is 6.08. The van der Waals surface area contributed by atoms with Crippen LogP contribution in [0.3, 0.4) is 0 Å². The lowest BCUT2D eigenvalue weighted by molar-refractivity contribution is 0.0767.